The Morgan fingerprint density at radius 1 is 0.667 bits per heavy atom. The van der Waals surface area contributed by atoms with E-state index in [9.17, 15) is 33.9 Å². The molecule has 0 radical (unpaired) electrons. The number of hydrogen-bond donors (Lipinski definition) is 7. The Labute approximate surface area is 193 Å². The van der Waals surface area contributed by atoms with E-state index in [1.165, 1.54) is 34.6 Å². The minimum atomic E-state index is -1.19. The van der Waals surface area contributed by atoms with Gasteiger partial charge in [0.25, 0.3) is 0 Å². The van der Waals surface area contributed by atoms with E-state index in [2.05, 4.69) is 26.6 Å². The number of nitrogens with one attached hydrogen (secondary N) is 5. The van der Waals surface area contributed by atoms with Crippen LogP contribution < -0.4 is 32.3 Å². The fraction of sp³-hybridized carbons (Fsp3) is 0.700. The summed E-state index contributed by atoms with van der Waals surface area (Å²) in [6.07, 6.45) is 1.35. The SMILES string of the molecule is CC(=O)N[C@@H](C)C(=O)N[C@@H](C)C(=O)N[C@@H](C)C(=O)N[C@@H](C)C(=O)N[C@@H](CCCCN)C(=O)O. The van der Waals surface area contributed by atoms with Crippen molar-refractivity contribution >= 4 is 35.5 Å². The number of nitrogens with two attached hydrogens (primary N) is 1. The van der Waals surface area contributed by atoms with Crippen LogP contribution in [0.5, 0.6) is 0 Å². The molecule has 13 heteroatoms. The molecule has 8 N–H and O–H groups in total. The van der Waals surface area contributed by atoms with Crippen molar-refractivity contribution < 1.29 is 33.9 Å². The van der Waals surface area contributed by atoms with E-state index in [0.29, 0.717) is 19.4 Å². The summed E-state index contributed by atoms with van der Waals surface area (Å²) in [5.41, 5.74) is 5.38. The summed E-state index contributed by atoms with van der Waals surface area (Å²) in [6, 6.07) is -5.04. The number of aliphatic carboxylic acids is 1. The molecule has 5 atom stereocenters. The first-order valence-corrected chi connectivity index (χ1v) is 10.7. The summed E-state index contributed by atoms with van der Waals surface area (Å²) >= 11 is 0. The highest BCUT2D eigenvalue weighted by molar-refractivity contribution is 5.95. The van der Waals surface area contributed by atoms with Crippen molar-refractivity contribution in [3.05, 3.63) is 0 Å². The lowest BCUT2D eigenvalue weighted by Gasteiger charge is -2.22. The van der Waals surface area contributed by atoms with Crippen LogP contribution in [0.15, 0.2) is 0 Å². The van der Waals surface area contributed by atoms with Crippen molar-refractivity contribution in [1.29, 1.82) is 0 Å². The smallest absolute Gasteiger partial charge is 0.326 e. The van der Waals surface area contributed by atoms with E-state index in [-0.39, 0.29) is 6.42 Å². The Bertz CT molecular complexity index is 730. The lowest BCUT2D eigenvalue weighted by Crippen LogP contribution is -2.56. The third-order valence-electron chi connectivity index (χ3n) is 4.63. The van der Waals surface area contributed by atoms with Crippen LogP contribution >= 0.6 is 0 Å². The molecule has 0 bridgehead atoms. The molecule has 0 saturated carbocycles. The second-order valence-electron chi connectivity index (χ2n) is 7.80. The summed E-state index contributed by atoms with van der Waals surface area (Å²) in [7, 11) is 0. The van der Waals surface area contributed by atoms with Gasteiger partial charge in [-0.15, -0.1) is 0 Å². The Morgan fingerprint density at radius 3 is 1.36 bits per heavy atom. The summed E-state index contributed by atoms with van der Waals surface area (Å²) in [4.78, 5) is 71.1. The van der Waals surface area contributed by atoms with E-state index < -0.39 is 65.7 Å². The second-order valence-corrected chi connectivity index (χ2v) is 7.80. The summed E-state index contributed by atoms with van der Waals surface area (Å²) in [5.74, 6) is -4.17. The summed E-state index contributed by atoms with van der Waals surface area (Å²) < 4.78 is 0. The third kappa shape index (κ3) is 11.8. The van der Waals surface area contributed by atoms with Gasteiger partial charge in [-0.1, -0.05) is 0 Å². The maximum atomic E-state index is 12.3. The number of amides is 5. The molecular formula is C20H36N6O7. The standard InChI is InChI=1S/C20H36N6O7/c1-10(22-14(5)27)16(28)23-11(2)17(29)24-12(3)18(30)25-13(4)19(31)26-15(20(32)33)8-6-7-9-21/h10-13,15H,6-9,21H2,1-5H3,(H,22,27)(H,23,28)(H,24,29)(H,25,30)(H,26,31)(H,32,33)/t10-,11-,12-,13-,15-/m0/s1. The van der Waals surface area contributed by atoms with Crippen molar-refractivity contribution in [3.8, 4) is 0 Å². The van der Waals surface area contributed by atoms with Gasteiger partial charge in [-0.3, -0.25) is 24.0 Å². The predicted molar refractivity (Wildman–Crippen MR) is 119 cm³/mol. The van der Waals surface area contributed by atoms with Crippen molar-refractivity contribution in [2.75, 3.05) is 6.54 Å². The van der Waals surface area contributed by atoms with E-state index in [1.54, 1.807) is 0 Å². The molecule has 0 fully saturated rings. The average Bonchev–Trinajstić information content (AvgIpc) is 2.71. The molecule has 0 aromatic heterocycles. The minimum Gasteiger partial charge on any atom is -0.480 e. The van der Waals surface area contributed by atoms with Crippen LogP contribution in [0.4, 0.5) is 0 Å². The number of rotatable bonds is 14. The Kier molecular flexibility index (Phi) is 13.3. The maximum absolute atomic E-state index is 12.3. The molecule has 13 nitrogen and oxygen atoms in total. The number of hydrogen-bond acceptors (Lipinski definition) is 7. The van der Waals surface area contributed by atoms with Gasteiger partial charge < -0.3 is 37.4 Å². The fourth-order valence-corrected chi connectivity index (χ4v) is 2.63. The Morgan fingerprint density at radius 2 is 1.03 bits per heavy atom. The predicted octanol–water partition coefficient (Wildman–Crippen LogP) is -2.28. The molecule has 0 aromatic rings. The zero-order valence-corrected chi connectivity index (χ0v) is 19.7. The Hall–Kier alpha value is -3.22. The Balaban J connectivity index is 4.69. The molecule has 0 aliphatic rings. The lowest BCUT2D eigenvalue weighted by molar-refractivity contribution is -0.142. The first-order chi connectivity index (χ1) is 15.3. The van der Waals surface area contributed by atoms with Gasteiger partial charge in [-0.05, 0) is 53.5 Å². The van der Waals surface area contributed by atoms with Crippen LogP contribution in [0.3, 0.4) is 0 Å². The molecule has 0 aromatic carbocycles. The average molecular weight is 473 g/mol. The molecule has 0 unspecified atom stereocenters. The van der Waals surface area contributed by atoms with E-state index in [4.69, 9.17) is 5.73 Å². The fourth-order valence-electron chi connectivity index (χ4n) is 2.63. The topological polar surface area (TPSA) is 209 Å². The molecule has 33 heavy (non-hydrogen) atoms. The maximum Gasteiger partial charge on any atom is 0.326 e. The molecule has 0 spiro atoms. The first-order valence-electron chi connectivity index (χ1n) is 10.7. The number of carbonyl (C=O) groups excluding carboxylic acids is 5. The quantitative estimate of drug-likeness (QED) is 0.137. The largest absolute Gasteiger partial charge is 0.480 e. The summed E-state index contributed by atoms with van der Waals surface area (Å²) in [5, 5.41) is 21.2. The van der Waals surface area contributed by atoms with Crippen molar-refractivity contribution in [3.63, 3.8) is 0 Å². The van der Waals surface area contributed by atoms with E-state index >= 15 is 0 Å². The van der Waals surface area contributed by atoms with Crippen LogP contribution in [-0.2, 0) is 28.8 Å². The van der Waals surface area contributed by atoms with Crippen molar-refractivity contribution in [1.82, 2.24) is 26.6 Å². The van der Waals surface area contributed by atoms with Crippen LogP contribution in [0, 0.1) is 0 Å². The second kappa shape index (κ2) is 14.8. The highest BCUT2D eigenvalue weighted by atomic mass is 16.4. The number of carboxylic acids is 1. The number of unbranched alkanes of at least 4 members (excludes halogenated alkanes) is 1. The normalized spacial score (nSPS) is 15.1. The van der Waals surface area contributed by atoms with Gasteiger partial charge in [0.15, 0.2) is 0 Å². The highest BCUT2D eigenvalue weighted by Gasteiger charge is 2.27. The van der Waals surface area contributed by atoms with Crippen LogP contribution in [0.2, 0.25) is 0 Å². The van der Waals surface area contributed by atoms with Gasteiger partial charge in [0, 0.05) is 6.92 Å². The molecule has 0 aliphatic carbocycles. The van der Waals surface area contributed by atoms with Gasteiger partial charge in [0.2, 0.25) is 29.5 Å². The lowest BCUT2D eigenvalue weighted by atomic mass is 10.1. The number of carboxylic acid groups (broad SMARTS) is 1. The van der Waals surface area contributed by atoms with Crippen molar-refractivity contribution in [2.24, 2.45) is 5.73 Å². The van der Waals surface area contributed by atoms with Crippen LogP contribution in [0.25, 0.3) is 0 Å². The van der Waals surface area contributed by atoms with Crippen molar-refractivity contribution in [2.45, 2.75) is 84.1 Å². The van der Waals surface area contributed by atoms with E-state index in [0.717, 1.165) is 0 Å². The molecular weight excluding hydrogens is 436 g/mol. The van der Waals surface area contributed by atoms with Gasteiger partial charge in [0.05, 0.1) is 0 Å². The van der Waals surface area contributed by atoms with E-state index in [1.807, 2.05) is 0 Å². The first kappa shape index (κ1) is 29.8. The molecule has 188 valence electrons. The molecule has 0 rings (SSSR count). The zero-order valence-electron chi connectivity index (χ0n) is 19.7. The molecule has 0 saturated heterocycles. The highest BCUT2D eigenvalue weighted by Crippen LogP contribution is 2.01. The van der Waals surface area contributed by atoms with Gasteiger partial charge >= 0.3 is 5.97 Å². The minimum absolute atomic E-state index is 0.204. The third-order valence-corrected chi connectivity index (χ3v) is 4.63. The van der Waals surface area contributed by atoms with Gasteiger partial charge in [-0.25, -0.2) is 4.79 Å². The van der Waals surface area contributed by atoms with Gasteiger partial charge in [-0.2, -0.15) is 0 Å². The molecule has 5 amide bonds. The zero-order chi connectivity index (χ0) is 25.7. The number of carbonyl (C=O) groups is 6. The van der Waals surface area contributed by atoms with Crippen LogP contribution in [0.1, 0.15) is 53.9 Å². The monoisotopic (exact) mass is 472 g/mol. The molecule has 0 heterocycles. The van der Waals surface area contributed by atoms with Gasteiger partial charge in [0.1, 0.15) is 30.2 Å². The summed E-state index contributed by atoms with van der Waals surface area (Å²) in [6.45, 7) is 7.30. The molecule has 0 aliphatic heterocycles. The van der Waals surface area contributed by atoms with Crippen LogP contribution in [-0.4, -0.2) is 77.4 Å².